The monoisotopic (exact) mass is 142 g/mol. The van der Waals surface area contributed by atoms with Gasteiger partial charge in [0.2, 0.25) is 0 Å². The van der Waals surface area contributed by atoms with Crippen molar-refractivity contribution in [3.8, 4) is 0 Å². The molecule has 1 rings (SSSR count). The third kappa shape index (κ3) is 1.32. The van der Waals surface area contributed by atoms with Crippen LogP contribution in [0.3, 0.4) is 0 Å². The fraction of sp³-hybridized carbons (Fsp3) is 0.200. The molecule has 1 heterocycles. The Hall–Kier alpha value is -1.36. The van der Waals surface area contributed by atoms with Gasteiger partial charge in [-0.15, -0.1) is 0 Å². The Balaban J connectivity index is 2.59. The normalized spacial score (nSPS) is 9.30. The third-order valence-corrected chi connectivity index (χ3v) is 0.860. The number of oxazole rings is 1. The van der Waals surface area contributed by atoms with E-state index in [4.69, 9.17) is 0 Å². The summed E-state index contributed by atoms with van der Waals surface area (Å²) in [5, 5.41) is 0. The number of hydrogen-bond acceptors (Lipinski definition) is 4. The first-order chi connectivity index (χ1) is 4.84. The van der Waals surface area contributed by atoms with Crippen molar-refractivity contribution in [2.75, 3.05) is 7.11 Å². The number of nitrogens with one attached hydrogen (secondary N) is 1. The largest absolute Gasteiger partial charge is 0.451 e. The Kier molecular flexibility index (Phi) is 2.01. The number of carbonyl (C=O) groups excluding carboxylic acids is 1. The van der Waals surface area contributed by atoms with Gasteiger partial charge in [-0.2, -0.15) is 0 Å². The minimum atomic E-state index is -0.420. The van der Waals surface area contributed by atoms with Gasteiger partial charge in [-0.1, -0.05) is 0 Å². The molecule has 0 saturated heterocycles. The summed E-state index contributed by atoms with van der Waals surface area (Å²) in [7, 11) is 1.35. The standard InChI is InChI=1S/C5H6N2O3/c1-9-7-5(8)4-2-10-3-6-4/h2-3H,1H3,(H,7,8). The molecule has 1 aromatic heterocycles. The average molecular weight is 142 g/mol. The van der Waals surface area contributed by atoms with Crippen LogP contribution in [0.1, 0.15) is 10.5 Å². The van der Waals surface area contributed by atoms with Crippen LogP contribution in [-0.2, 0) is 4.84 Å². The zero-order chi connectivity index (χ0) is 7.40. The topological polar surface area (TPSA) is 64.4 Å². The van der Waals surface area contributed by atoms with E-state index >= 15 is 0 Å². The lowest BCUT2D eigenvalue weighted by atomic mass is 10.5. The number of hydroxylamine groups is 1. The SMILES string of the molecule is CONC(=O)c1cocn1. The number of amides is 1. The molecule has 0 spiro atoms. The quantitative estimate of drug-likeness (QED) is 0.588. The van der Waals surface area contributed by atoms with Gasteiger partial charge in [0.25, 0.3) is 5.91 Å². The lowest BCUT2D eigenvalue weighted by molar-refractivity contribution is 0.0532. The lowest BCUT2D eigenvalue weighted by Gasteiger charge is -1.94. The van der Waals surface area contributed by atoms with Crippen molar-refractivity contribution in [2.24, 2.45) is 0 Å². The first-order valence-electron chi connectivity index (χ1n) is 2.56. The molecule has 0 fully saturated rings. The Labute approximate surface area is 57.0 Å². The lowest BCUT2D eigenvalue weighted by Crippen LogP contribution is -2.21. The van der Waals surface area contributed by atoms with Gasteiger partial charge in [-0.25, -0.2) is 10.5 Å². The van der Waals surface area contributed by atoms with Crippen LogP contribution in [0.5, 0.6) is 0 Å². The summed E-state index contributed by atoms with van der Waals surface area (Å²) in [6.07, 6.45) is 2.40. The highest BCUT2D eigenvalue weighted by Crippen LogP contribution is 1.92. The summed E-state index contributed by atoms with van der Waals surface area (Å²) in [6, 6.07) is 0. The maximum atomic E-state index is 10.7. The molecule has 0 saturated carbocycles. The predicted molar refractivity (Wildman–Crippen MR) is 31.0 cm³/mol. The second kappa shape index (κ2) is 2.98. The second-order valence-electron chi connectivity index (χ2n) is 1.51. The molecule has 0 radical (unpaired) electrons. The molecule has 0 aliphatic heterocycles. The molecule has 0 aliphatic carbocycles. The molecular weight excluding hydrogens is 136 g/mol. The zero-order valence-corrected chi connectivity index (χ0v) is 5.33. The van der Waals surface area contributed by atoms with E-state index in [9.17, 15) is 4.79 Å². The van der Waals surface area contributed by atoms with Crippen LogP contribution in [-0.4, -0.2) is 18.0 Å². The van der Waals surface area contributed by atoms with Gasteiger partial charge < -0.3 is 4.42 Å². The summed E-state index contributed by atoms with van der Waals surface area (Å²) in [4.78, 5) is 18.7. The van der Waals surface area contributed by atoms with Crippen LogP contribution >= 0.6 is 0 Å². The summed E-state index contributed by atoms with van der Waals surface area (Å²) >= 11 is 0. The first-order valence-corrected chi connectivity index (χ1v) is 2.56. The van der Waals surface area contributed by atoms with E-state index in [1.54, 1.807) is 0 Å². The number of aromatic nitrogens is 1. The molecule has 1 N–H and O–H groups in total. The fourth-order valence-corrected chi connectivity index (χ4v) is 0.470. The molecule has 5 heteroatoms. The van der Waals surface area contributed by atoms with Crippen LogP contribution in [0.25, 0.3) is 0 Å². The van der Waals surface area contributed by atoms with Crippen LogP contribution < -0.4 is 5.48 Å². The summed E-state index contributed by atoms with van der Waals surface area (Å²) < 4.78 is 4.55. The molecule has 0 atom stereocenters. The van der Waals surface area contributed by atoms with E-state index in [1.165, 1.54) is 19.8 Å². The smallest absolute Gasteiger partial charge is 0.296 e. The van der Waals surface area contributed by atoms with Crippen LogP contribution in [0, 0.1) is 0 Å². The molecule has 54 valence electrons. The highest BCUT2D eigenvalue weighted by molar-refractivity contribution is 5.90. The molecule has 0 bridgehead atoms. The minimum absolute atomic E-state index is 0.196. The van der Waals surface area contributed by atoms with Crippen LogP contribution in [0.4, 0.5) is 0 Å². The highest BCUT2D eigenvalue weighted by Gasteiger charge is 2.05. The van der Waals surface area contributed by atoms with Gasteiger partial charge in [-0.3, -0.25) is 9.63 Å². The maximum Gasteiger partial charge on any atom is 0.296 e. The summed E-state index contributed by atoms with van der Waals surface area (Å²) in [6.45, 7) is 0. The van der Waals surface area contributed by atoms with Gasteiger partial charge in [0.1, 0.15) is 6.26 Å². The number of nitrogens with zero attached hydrogens (tertiary/aromatic N) is 1. The second-order valence-corrected chi connectivity index (χ2v) is 1.51. The molecule has 0 aromatic carbocycles. The third-order valence-electron chi connectivity index (χ3n) is 0.860. The Morgan fingerprint density at radius 1 is 1.90 bits per heavy atom. The Morgan fingerprint density at radius 3 is 3.20 bits per heavy atom. The van der Waals surface area contributed by atoms with Crippen molar-refractivity contribution in [1.29, 1.82) is 0 Å². The van der Waals surface area contributed by atoms with Gasteiger partial charge in [0, 0.05) is 0 Å². The van der Waals surface area contributed by atoms with E-state index < -0.39 is 5.91 Å². The molecular formula is C5H6N2O3. The molecule has 1 amide bonds. The van der Waals surface area contributed by atoms with E-state index in [0.717, 1.165) is 0 Å². The number of hydrogen-bond donors (Lipinski definition) is 1. The maximum absolute atomic E-state index is 10.7. The average Bonchev–Trinajstić information content (AvgIpc) is 2.38. The molecule has 5 nitrogen and oxygen atoms in total. The summed E-state index contributed by atoms with van der Waals surface area (Å²) in [5.41, 5.74) is 2.28. The van der Waals surface area contributed by atoms with Crippen LogP contribution in [0.2, 0.25) is 0 Å². The van der Waals surface area contributed by atoms with Crippen molar-refractivity contribution in [3.63, 3.8) is 0 Å². The number of carbonyl (C=O) groups is 1. The molecule has 10 heavy (non-hydrogen) atoms. The van der Waals surface area contributed by atoms with E-state index in [-0.39, 0.29) is 5.69 Å². The van der Waals surface area contributed by atoms with E-state index in [0.29, 0.717) is 0 Å². The van der Waals surface area contributed by atoms with Gasteiger partial charge in [-0.05, 0) is 0 Å². The summed E-state index contributed by atoms with van der Waals surface area (Å²) in [5.74, 6) is -0.420. The van der Waals surface area contributed by atoms with E-state index in [1.807, 2.05) is 0 Å². The minimum Gasteiger partial charge on any atom is -0.451 e. The Bertz CT molecular complexity index is 207. The molecule has 0 unspecified atom stereocenters. The predicted octanol–water partition coefficient (Wildman–Crippen LogP) is -0.0342. The van der Waals surface area contributed by atoms with Crippen molar-refractivity contribution in [1.82, 2.24) is 10.5 Å². The van der Waals surface area contributed by atoms with Gasteiger partial charge in [0.05, 0.1) is 7.11 Å². The highest BCUT2D eigenvalue weighted by atomic mass is 16.6. The Morgan fingerprint density at radius 2 is 2.70 bits per heavy atom. The van der Waals surface area contributed by atoms with Gasteiger partial charge in [0.15, 0.2) is 12.1 Å². The van der Waals surface area contributed by atoms with Crippen LogP contribution in [0.15, 0.2) is 17.1 Å². The van der Waals surface area contributed by atoms with E-state index in [2.05, 4.69) is 19.7 Å². The number of rotatable bonds is 2. The van der Waals surface area contributed by atoms with Crippen molar-refractivity contribution in [2.45, 2.75) is 0 Å². The van der Waals surface area contributed by atoms with Crippen molar-refractivity contribution >= 4 is 5.91 Å². The van der Waals surface area contributed by atoms with Crippen molar-refractivity contribution in [3.05, 3.63) is 18.4 Å². The molecule has 0 aliphatic rings. The van der Waals surface area contributed by atoms with Gasteiger partial charge >= 0.3 is 0 Å². The first kappa shape index (κ1) is 6.76. The van der Waals surface area contributed by atoms with Crippen molar-refractivity contribution < 1.29 is 14.0 Å². The zero-order valence-electron chi connectivity index (χ0n) is 5.33. The molecule has 1 aromatic rings. The fourth-order valence-electron chi connectivity index (χ4n) is 0.470.